The second kappa shape index (κ2) is 16.9. The first kappa shape index (κ1) is 36.1. The number of rotatable bonds is 7. The number of amides is 3. The highest BCUT2D eigenvalue weighted by molar-refractivity contribution is 7.13. The summed E-state index contributed by atoms with van der Waals surface area (Å²) in [6.45, 7) is 7.92. The van der Waals surface area contributed by atoms with Gasteiger partial charge >= 0.3 is 6.09 Å². The fourth-order valence-electron chi connectivity index (χ4n) is 5.42. The minimum Gasteiger partial charge on any atom is -0.444 e. The second-order valence-corrected chi connectivity index (χ2v) is 14.8. The standard InChI is InChI=1S/C21H26N2O4S.C16H18N2O2S/c1-21(2,3)27-20(25)23-16-7-6-15(18-5-4-12-28-18)13-17(16)22-19(24)14-8-10-26-11-9-14;17-13-4-3-12(15-2-1-9-21-15)10-14(13)18-16(19)11-5-7-20-8-6-11/h4-7,12-14H,8-11H2,1-3H3,(H,22,24)(H,23,25);1-4,9-11H,5-8,17H2,(H,18,19). The van der Waals surface area contributed by atoms with Crippen molar-refractivity contribution in [2.24, 2.45) is 11.8 Å². The molecule has 3 amide bonds. The lowest BCUT2D eigenvalue weighted by atomic mass is 9.99. The van der Waals surface area contributed by atoms with Gasteiger partial charge in [-0.2, -0.15) is 0 Å². The van der Waals surface area contributed by atoms with Crippen LogP contribution in [0, 0.1) is 11.8 Å². The van der Waals surface area contributed by atoms with Gasteiger partial charge in [-0.15, -0.1) is 22.7 Å². The molecular weight excluding hydrogens is 661 g/mol. The summed E-state index contributed by atoms with van der Waals surface area (Å²) in [6.07, 6.45) is 2.39. The first-order valence-corrected chi connectivity index (χ1v) is 18.2. The maximum atomic E-state index is 12.7. The summed E-state index contributed by atoms with van der Waals surface area (Å²) in [5.41, 5.74) is 9.79. The molecule has 2 aromatic carbocycles. The van der Waals surface area contributed by atoms with Gasteiger partial charge in [-0.1, -0.05) is 24.3 Å². The number of hydrogen-bond donors (Lipinski definition) is 4. The van der Waals surface area contributed by atoms with Crippen LogP contribution in [0.2, 0.25) is 0 Å². The van der Waals surface area contributed by atoms with Crippen molar-refractivity contribution in [3.05, 3.63) is 71.4 Å². The van der Waals surface area contributed by atoms with E-state index in [1.54, 1.807) is 49.5 Å². The molecule has 6 rings (SSSR count). The van der Waals surface area contributed by atoms with E-state index in [-0.39, 0.29) is 23.7 Å². The number of nitrogens with one attached hydrogen (secondary N) is 3. The van der Waals surface area contributed by atoms with Crippen LogP contribution in [0.5, 0.6) is 0 Å². The van der Waals surface area contributed by atoms with Crippen molar-refractivity contribution in [3.8, 4) is 20.9 Å². The average molecular weight is 705 g/mol. The van der Waals surface area contributed by atoms with Crippen LogP contribution in [0.4, 0.5) is 27.5 Å². The SMILES string of the molecule is CC(C)(C)OC(=O)Nc1ccc(-c2cccs2)cc1NC(=O)C1CCOCC1.Nc1ccc(-c2cccs2)cc1NC(=O)C1CCOCC1. The molecule has 0 atom stereocenters. The molecule has 2 aromatic heterocycles. The zero-order valence-electron chi connectivity index (χ0n) is 28.1. The lowest BCUT2D eigenvalue weighted by Gasteiger charge is -2.23. The first-order chi connectivity index (χ1) is 23.6. The predicted molar refractivity (Wildman–Crippen MR) is 198 cm³/mol. The molecule has 260 valence electrons. The Kier molecular flexibility index (Phi) is 12.5. The third-order valence-corrected chi connectivity index (χ3v) is 9.86. The molecule has 12 heteroatoms. The number of carbonyl (C=O) groups is 3. The Hall–Kier alpha value is -4.23. The quantitative estimate of drug-likeness (QED) is 0.141. The van der Waals surface area contributed by atoms with Crippen molar-refractivity contribution >= 4 is 63.3 Å². The van der Waals surface area contributed by atoms with E-state index in [4.69, 9.17) is 19.9 Å². The zero-order chi connectivity index (χ0) is 34.8. The summed E-state index contributed by atoms with van der Waals surface area (Å²) in [7, 11) is 0. The number of benzene rings is 2. The molecule has 0 spiro atoms. The molecule has 2 saturated heterocycles. The van der Waals surface area contributed by atoms with Gasteiger partial charge in [0.2, 0.25) is 11.8 Å². The van der Waals surface area contributed by atoms with Crippen LogP contribution in [0.15, 0.2) is 71.4 Å². The summed E-state index contributed by atoms with van der Waals surface area (Å²) in [6, 6.07) is 19.4. The lowest BCUT2D eigenvalue weighted by molar-refractivity contribution is -0.123. The Labute approximate surface area is 295 Å². The smallest absolute Gasteiger partial charge is 0.412 e. The van der Waals surface area contributed by atoms with Crippen LogP contribution in [0.1, 0.15) is 46.5 Å². The Morgan fingerprint density at radius 1 is 0.694 bits per heavy atom. The summed E-state index contributed by atoms with van der Waals surface area (Å²) < 4.78 is 16.0. The second-order valence-electron chi connectivity index (χ2n) is 12.9. The van der Waals surface area contributed by atoms with Crippen molar-refractivity contribution < 1.29 is 28.6 Å². The van der Waals surface area contributed by atoms with Gasteiger partial charge in [0.25, 0.3) is 0 Å². The van der Waals surface area contributed by atoms with Gasteiger partial charge < -0.3 is 30.6 Å². The third kappa shape index (κ3) is 10.6. The van der Waals surface area contributed by atoms with Gasteiger partial charge in [0, 0.05) is 48.0 Å². The number of thiophene rings is 2. The van der Waals surface area contributed by atoms with E-state index >= 15 is 0 Å². The van der Waals surface area contributed by atoms with E-state index in [1.165, 1.54) is 0 Å². The Morgan fingerprint density at radius 3 is 1.67 bits per heavy atom. The summed E-state index contributed by atoms with van der Waals surface area (Å²) in [5.74, 6) is -0.0933. The molecule has 0 aliphatic carbocycles. The predicted octanol–water partition coefficient (Wildman–Crippen LogP) is 8.49. The number of carbonyl (C=O) groups excluding carboxylic acids is 3. The molecule has 4 heterocycles. The number of anilines is 4. The molecule has 49 heavy (non-hydrogen) atoms. The van der Waals surface area contributed by atoms with E-state index in [0.29, 0.717) is 62.0 Å². The Morgan fingerprint density at radius 2 is 1.18 bits per heavy atom. The summed E-state index contributed by atoms with van der Waals surface area (Å²) in [4.78, 5) is 39.5. The molecule has 0 saturated carbocycles. The maximum Gasteiger partial charge on any atom is 0.412 e. The van der Waals surface area contributed by atoms with Crippen molar-refractivity contribution in [2.45, 2.75) is 52.1 Å². The highest BCUT2D eigenvalue weighted by Crippen LogP contribution is 2.33. The van der Waals surface area contributed by atoms with E-state index < -0.39 is 11.7 Å². The van der Waals surface area contributed by atoms with Crippen LogP contribution >= 0.6 is 22.7 Å². The highest BCUT2D eigenvalue weighted by Gasteiger charge is 2.24. The molecule has 0 radical (unpaired) electrons. The molecular formula is C37H44N4O6S2. The largest absolute Gasteiger partial charge is 0.444 e. The van der Waals surface area contributed by atoms with Gasteiger partial charge in [0.15, 0.2) is 0 Å². The number of nitrogen functional groups attached to an aromatic ring is 1. The lowest BCUT2D eigenvalue weighted by Crippen LogP contribution is -2.30. The van der Waals surface area contributed by atoms with Crippen molar-refractivity contribution in [2.75, 3.05) is 48.1 Å². The van der Waals surface area contributed by atoms with E-state index in [2.05, 4.69) is 22.0 Å². The van der Waals surface area contributed by atoms with Gasteiger partial charge in [0.05, 0.1) is 22.7 Å². The van der Waals surface area contributed by atoms with Crippen LogP contribution in [-0.2, 0) is 23.8 Å². The van der Waals surface area contributed by atoms with Crippen LogP contribution < -0.4 is 21.7 Å². The zero-order valence-corrected chi connectivity index (χ0v) is 29.7. The third-order valence-electron chi connectivity index (χ3n) is 8.02. The van der Waals surface area contributed by atoms with E-state index in [9.17, 15) is 14.4 Å². The van der Waals surface area contributed by atoms with Crippen LogP contribution in [-0.4, -0.2) is 49.9 Å². The van der Waals surface area contributed by atoms with Gasteiger partial charge in [-0.25, -0.2) is 4.79 Å². The molecule has 2 aliphatic heterocycles. The summed E-state index contributed by atoms with van der Waals surface area (Å²) >= 11 is 3.29. The fourth-order valence-corrected chi connectivity index (χ4v) is 6.86. The minimum atomic E-state index is -0.605. The van der Waals surface area contributed by atoms with Crippen molar-refractivity contribution in [1.82, 2.24) is 0 Å². The van der Waals surface area contributed by atoms with Crippen LogP contribution in [0.3, 0.4) is 0 Å². The van der Waals surface area contributed by atoms with E-state index in [1.807, 2.05) is 59.3 Å². The fraction of sp³-hybridized carbons (Fsp3) is 0.378. The topological polar surface area (TPSA) is 141 Å². The molecule has 0 unspecified atom stereocenters. The van der Waals surface area contributed by atoms with Crippen LogP contribution in [0.25, 0.3) is 20.9 Å². The Balaban J connectivity index is 0.000000199. The van der Waals surface area contributed by atoms with Gasteiger partial charge in [-0.3, -0.25) is 14.9 Å². The molecule has 4 aromatic rings. The minimum absolute atomic E-state index is 0.0172. The number of nitrogens with two attached hydrogens (primary N) is 1. The summed E-state index contributed by atoms with van der Waals surface area (Å²) in [5, 5.41) is 12.7. The molecule has 2 aliphatic rings. The number of ether oxygens (including phenoxy) is 3. The van der Waals surface area contributed by atoms with Crippen molar-refractivity contribution in [1.29, 1.82) is 0 Å². The van der Waals surface area contributed by atoms with E-state index in [0.717, 1.165) is 33.7 Å². The highest BCUT2D eigenvalue weighted by atomic mass is 32.1. The first-order valence-electron chi connectivity index (χ1n) is 16.4. The van der Waals surface area contributed by atoms with Gasteiger partial charge in [-0.05, 0) is 105 Å². The normalized spacial score (nSPS) is 15.4. The van der Waals surface area contributed by atoms with Crippen molar-refractivity contribution in [3.63, 3.8) is 0 Å². The average Bonchev–Trinajstić information content (AvgIpc) is 3.83. The maximum absolute atomic E-state index is 12.7. The molecule has 5 N–H and O–H groups in total. The van der Waals surface area contributed by atoms with Gasteiger partial charge in [0.1, 0.15) is 5.60 Å². The molecule has 10 nitrogen and oxygen atoms in total. The monoisotopic (exact) mass is 704 g/mol. The molecule has 0 bridgehead atoms. The number of hydrogen-bond acceptors (Lipinski definition) is 9. The Bertz CT molecular complexity index is 1690. The molecule has 2 fully saturated rings.